The van der Waals surface area contributed by atoms with Crippen molar-refractivity contribution in [3.63, 3.8) is 0 Å². The third kappa shape index (κ3) is 5.42. The van der Waals surface area contributed by atoms with Crippen LogP contribution in [0.15, 0.2) is 36.4 Å². The molecule has 1 amide bonds. The normalized spacial score (nSPS) is 10.2. The van der Waals surface area contributed by atoms with Crippen LogP contribution in [0.2, 0.25) is 5.02 Å². The molecular formula is C18H18ClN3O5. The molecule has 142 valence electrons. The third-order valence-electron chi connectivity index (χ3n) is 3.56. The topological polar surface area (TPSA) is 111 Å². The molecule has 0 atom stereocenters. The summed E-state index contributed by atoms with van der Waals surface area (Å²) in [5, 5.41) is 16.8. The number of nitro groups is 1. The van der Waals surface area contributed by atoms with Gasteiger partial charge in [-0.2, -0.15) is 0 Å². The molecule has 27 heavy (non-hydrogen) atoms. The van der Waals surface area contributed by atoms with Crippen molar-refractivity contribution in [2.24, 2.45) is 0 Å². The van der Waals surface area contributed by atoms with Gasteiger partial charge in [-0.25, -0.2) is 4.79 Å². The lowest BCUT2D eigenvalue weighted by molar-refractivity contribution is -0.384. The van der Waals surface area contributed by atoms with Crippen LogP contribution in [0.4, 0.5) is 17.1 Å². The van der Waals surface area contributed by atoms with Crippen molar-refractivity contribution in [3.8, 4) is 0 Å². The monoisotopic (exact) mass is 391 g/mol. The fraction of sp³-hybridized carbons (Fsp3) is 0.222. The minimum atomic E-state index is -0.527. The van der Waals surface area contributed by atoms with Crippen LogP contribution in [-0.2, 0) is 16.1 Å². The molecule has 0 unspecified atom stereocenters. The van der Waals surface area contributed by atoms with Crippen molar-refractivity contribution in [2.45, 2.75) is 20.4 Å². The molecule has 0 fully saturated rings. The molecule has 0 aliphatic carbocycles. The Hall–Kier alpha value is -3.13. The lowest BCUT2D eigenvalue weighted by Gasteiger charge is -2.14. The van der Waals surface area contributed by atoms with E-state index in [1.54, 1.807) is 31.2 Å². The molecule has 2 rings (SSSR count). The maximum atomic E-state index is 11.9. The summed E-state index contributed by atoms with van der Waals surface area (Å²) >= 11 is 6.10. The fourth-order valence-electron chi connectivity index (χ4n) is 2.31. The largest absolute Gasteiger partial charge is 0.462 e. The average Bonchev–Trinajstić information content (AvgIpc) is 2.61. The predicted molar refractivity (Wildman–Crippen MR) is 102 cm³/mol. The molecule has 0 aliphatic heterocycles. The van der Waals surface area contributed by atoms with Gasteiger partial charge < -0.3 is 15.4 Å². The van der Waals surface area contributed by atoms with Gasteiger partial charge in [0.2, 0.25) is 5.91 Å². The molecule has 0 spiro atoms. The number of benzene rings is 2. The minimum absolute atomic E-state index is 0.105. The van der Waals surface area contributed by atoms with Crippen LogP contribution in [0.25, 0.3) is 0 Å². The summed E-state index contributed by atoms with van der Waals surface area (Å²) in [5.74, 6) is -0.751. The number of nitrogens with zero attached hydrogens (tertiary/aromatic N) is 1. The van der Waals surface area contributed by atoms with Gasteiger partial charge in [-0.3, -0.25) is 14.9 Å². The molecule has 2 aromatic rings. The van der Waals surface area contributed by atoms with Gasteiger partial charge in [0.25, 0.3) is 5.69 Å². The highest BCUT2D eigenvalue weighted by Gasteiger charge is 2.13. The number of amides is 1. The zero-order valence-corrected chi connectivity index (χ0v) is 15.5. The van der Waals surface area contributed by atoms with Crippen molar-refractivity contribution in [3.05, 3.63) is 62.7 Å². The molecule has 0 bridgehead atoms. The number of esters is 1. The van der Waals surface area contributed by atoms with Crippen LogP contribution in [0.1, 0.15) is 29.8 Å². The Morgan fingerprint density at radius 2 is 1.93 bits per heavy atom. The second kappa shape index (κ2) is 9.00. The number of anilines is 2. The van der Waals surface area contributed by atoms with Crippen LogP contribution >= 0.6 is 11.6 Å². The summed E-state index contributed by atoms with van der Waals surface area (Å²) in [6, 6.07) is 8.86. The molecule has 2 N–H and O–H groups in total. The number of nitro benzene ring substituents is 1. The number of non-ortho nitro benzene ring substituents is 1. The molecule has 0 saturated carbocycles. The second-order valence-corrected chi connectivity index (χ2v) is 5.96. The van der Waals surface area contributed by atoms with Gasteiger partial charge in [0.15, 0.2) is 0 Å². The molecule has 9 heteroatoms. The highest BCUT2D eigenvalue weighted by molar-refractivity contribution is 6.31. The van der Waals surface area contributed by atoms with Crippen molar-refractivity contribution in [1.82, 2.24) is 0 Å². The number of hydrogen-bond acceptors (Lipinski definition) is 6. The van der Waals surface area contributed by atoms with E-state index < -0.39 is 10.9 Å². The lowest BCUT2D eigenvalue weighted by atomic mass is 10.1. The fourth-order valence-corrected chi connectivity index (χ4v) is 2.56. The predicted octanol–water partition coefficient (Wildman–Crippen LogP) is 4.00. The number of halogens is 1. The highest BCUT2D eigenvalue weighted by Crippen LogP contribution is 2.27. The highest BCUT2D eigenvalue weighted by atomic mass is 35.5. The quantitative estimate of drug-likeness (QED) is 0.419. The Morgan fingerprint density at radius 1 is 1.19 bits per heavy atom. The van der Waals surface area contributed by atoms with E-state index in [0.717, 1.165) is 0 Å². The standard InChI is InChI=1S/C18H18ClN3O5/c1-3-27-18(24)12-5-7-16(21-11(2)23)17(8-12)20-10-13-4-6-14(22(25)26)9-15(13)19/h4-9,20H,3,10H2,1-2H3,(H,21,23). The Labute approximate surface area is 160 Å². The van der Waals surface area contributed by atoms with E-state index in [1.165, 1.54) is 19.1 Å². The Kier molecular flexibility index (Phi) is 6.73. The molecule has 2 aromatic carbocycles. The molecule has 0 saturated heterocycles. The van der Waals surface area contributed by atoms with Gasteiger partial charge >= 0.3 is 5.97 Å². The lowest BCUT2D eigenvalue weighted by Crippen LogP contribution is -2.11. The number of rotatable bonds is 7. The second-order valence-electron chi connectivity index (χ2n) is 5.55. The van der Waals surface area contributed by atoms with E-state index in [-0.39, 0.29) is 29.8 Å². The van der Waals surface area contributed by atoms with Crippen LogP contribution < -0.4 is 10.6 Å². The summed E-state index contributed by atoms with van der Waals surface area (Å²) in [7, 11) is 0. The first-order valence-electron chi connectivity index (χ1n) is 8.07. The SMILES string of the molecule is CCOC(=O)c1ccc(NC(C)=O)c(NCc2ccc([N+](=O)[O-])cc2Cl)c1. The first kappa shape index (κ1) is 20.2. The van der Waals surface area contributed by atoms with E-state index in [4.69, 9.17) is 16.3 Å². The number of hydrogen-bond donors (Lipinski definition) is 2. The zero-order chi connectivity index (χ0) is 20.0. The Bertz CT molecular complexity index is 885. The van der Waals surface area contributed by atoms with Crippen LogP contribution in [-0.4, -0.2) is 23.4 Å². The maximum absolute atomic E-state index is 11.9. The number of nitrogens with one attached hydrogen (secondary N) is 2. The molecule has 8 nitrogen and oxygen atoms in total. The van der Waals surface area contributed by atoms with Crippen LogP contribution in [0, 0.1) is 10.1 Å². The average molecular weight is 392 g/mol. The van der Waals surface area contributed by atoms with Gasteiger partial charge in [0.05, 0.1) is 33.5 Å². The summed E-state index contributed by atoms with van der Waals surface area (Å²) in [6.45, 7) is 3.55. The van der Waals surface area contributed by atoms with E-state index in [1.807, 2.05) is 0 Å². The van der Waals surface area contributed by atoms with Crippen molar-refractivity contribution < 1.29 is 19.2 Å². The van der Waals surface area contributed by atoms with E-state index in [2.05, 4.69) is 10.6 Å². The number of carbonyl (C=O) groups is 2. The summed E-state index contributed by atoms with van der Waals surface area (Å²) in [6.07, 6.45) is 0. The zero-order valence-electron chi connectivity index (χ0n) is 14.7. The summed E-state index contributed by atoms with van der Waals surface area (Å²) in [4.78, 5) is 33.6. The Morgan fingerprint density at radius 3 is 2.52 bits per heavy atom. The van der Waals surface area contributed by atoms with Gasteiger partial charge in [-0.15, -0.1) is 0 Å². The molecule has 0 radical (unpaired) electrons. The smallest absolute Gasteiger partial charge is 0.338 e. The first-order valence-corrected chi connectivity index (χ1v) is 8.45. The number of ether oxygens (including phenoxy) is 1. The maximum Gasteiger partial charge on any atom is 0.338 e. The van der Waals surface area contributed by atoms with Gasteiger partial charge in [-0.1, -0.05) is 11.6 Å². The molecular weight excluding hydrogens is 374 g/mol. The summed E-state index contributed by atoms with van der Waals surface area (Å²) in [5.41, 5.74) is 1.81. The number of carbonyl (C=O) groups excluding carboxylic acids is 2. The third-order valence-corrected chi connectivity index (χ3v) is 3.91. The first-order chi connectivity index (χ1) is 12.8. The van der Waals surface area contributed by atoms with Crippen LogP contribution in [0.5, 0.6) is 0 Å². The van der Waals surface area contributed by atoms with Crippen molar-refractivity contribution >= 4 is 40.5 Å². The Balaban J connectivity index is 2.26. The van der Waals surface area contributed by atoms with Gasteiger partial charge in [0.1, 0.15) is 0 Å². The summed E-state index contributed by atoms with van der Waals surface area (Å²) < 4.78 is 4.98. The van der Waals surface area contributed by atoms with Crippen molar-refractivity contribution in [1.29, 1.82) is 0 Å². The molecule has 0 aromatic heterocycles. The van der Waals surface area contributed by atoms with E-state index in [0.29, 0.717) is 22.5 Å². The van der Waals surface area contributed by atoms with Crippen LogP contribution in [0.3, 0.4) is 0 Å². The van der Waals surface area contributed by atoms with Gasteiger partial charge in [-0.05, 0) is 36.8 Å². The van der Waals surface area contributed by atoms with E-state index >= 15 is 0 Å². The van der Waals surface area contributed by atoms with E-state index in [9.17, 15) is 19.7 Å². The molecule has 0 aliphatic rings. The minimum Gasteiger partial charge on any atom is -0.462 e. The van der Waals surface area contributed by atoms with Gasteiger partial charge in [0, 0.05) is 25.6 Å². The molecule has 0 heterocycles. The van der Waals surface area contributed by atoms with Crippen molar-refractivity contribution in [2.75, 3.05) is 17.2 Å².